The first-order chi connectivity index (χ1) is 9.43. The van der Waals surface area contributed by atoms with Gasteiger partial charge in [-0.3, -0.25) is 0 Å². The van der Waals surface area contributed by atoms with Crippen molar-refractivity contribution in [1.82, 2.24) is 0 Å². The maximum Gasteiger partial charge on any atom is 0.137 e. The van der Waals surface area contributed by atoms with Crippen molar-refractivity contribution in [1.29, 1.82) is 0 Å². The van der Waals surface area contributed by atoms with Crippen LogP contribution in [0.15, 0.2) is 34.8 Å². The zero-order valence-corrected chi connectivity index (χ0v) is 14.7. The van der Waals surface area contributed by atoms with Gasteiger partial charge < -0.3 is 4.74 Å². The molecule has 2 aromatic carbocycles. The van der Waals surface area contributed by atoms with E-state index in [1.54, 1.807) is 19.2 Å². The summed E-state index contributed by atoms with van der Waals surface area (Å²) in [6.07, 6.45) is 0. The van der Waals surface area contributed by atoms with Crippen molar-refractivity contribution in [2.24, 2.45) is 0 Å². The molecule has 2 rings (SSSR count). The molecule has 0 spiro atoms. The van der Waals surface area contributed by atoms with Gasteiger partial charge in [-0.25, -0.2) is 4.39 Å². The van der Waals surface area contributed by atoms with Crippen LogP contribution in [0.4, 0.5) is 4.39 Å². The number of benzene rings is 2. The highest BCUT2D eigenvalue weighted by molar-refractivity contribution is 9.10. The van der Waals surface area contributed by atoms with Gasteiger partial charge in [0, 0.05) is 0 Å². The Hall–Kier alpha value is -0.870. The number of hydrogen-bond donors (Lipinski definition) is 0. The van der Waals surface area contributed by atoms with Crippen molar-refractivity contribution < 1.29 is 9.13 Å². The predicted octanol–water partition coefficient (Wildman–Crippen LogP) is 5.70. The highest BCUT2D eigenvalue weighted by Crippen LogP contribution is 2.36. The Balaban J connectivity index is 2.42. The van der Waals surface area contributed by atoms with E-state index in [2.05, 4.69) is 44.0 Å². The van der Waals surface area contributed by atoms with E-state index in [1.807, 2.05) is 19.9 Å². The Morgan fingerprint density at radius 2 is 1.65 bits per heavy atom. The van der Waals surface area contributed by atoms with Gasteiger partial charge in [0.1, 0.15) is 11.6 Å². The molecular formula is C16H15Br2FO. The molecule has 0 aromatic heterocycles. The molecule has 0 fully saturated rings. The smallest absolute Gasteiger partial charge is 0.137 e. The molecule has 0 N–H and O–H groups in total. The topological polar surface area (TPSA) is 9.23 Å². The fourth-order valence-corrected chi connectivity index (χ4v) is 3.11. The SMILES string of the molecule is COc1c(C)cc(C(Br)c2ccc(Br)c(F)c2)cc1C. The molecule has 0 radical (unpaired) electrons. The molecule has 106 valence electrons. The van der Waals surface area contributed by atoms with Crippen LogP contribution in [0.3, 0.4) is 0 Å². The Kier molecular flexibility index (Phi) is 4.86. The largest absolute Gasteiger partial charge is 0.496 e. The zero-order valence-electron chi connectivity index (χ0n) is 11.5. The van der Waals surface area contributed by atoms with Gasteiger partial charge in [-0.2, -0.15) is 0 Å². The molecule has 4 heteroatoms. The Morgan fingerprint density at radius 1 is 1.05 bits per heavy atom. The second kappa shape index (κ2) is 6.27. The minimum atomic E-state index is -0.256. The molecule has 1 unspecified atom stereocenters. The zero-order chi connectivity index (χ0) is 14.9. The standard InChI is InChI=1S/C16H15Br2FO/c1-9-6-12(7-10(2)16(9)20-3)15(18)11-4-5-13(17)14(19)8-11/h4-8,15H,1-3H3. The molecule has 2 aromatic rings. The highest BCUT2D eigenvalue weighted by Gasteiger charge is 2.15. The summed E-state index contributed by atoms with van der Waals surface area (Å²) < 4.78 is 19.5. The quantitative estimate of drug-likeness (QED) is 0.599. The van der Waals surface area contributed by atoms with Crippen LogP contribution in [0.25, 0.3) is 0 Å². The third-order valence-electron chi connectivity index (χ3n) is 3.22. The number of alkyl halides is 1. The van der Waals surface area contributed by atoms with E-state index >= 15 is 0 Å². The fraction of sp³-hybridized carbons (Fsp3) is 0.250. The van der Waals surface area contributed by atoms with Crippen LogP contribution in [0, 0.1) is 19.7 Å². The lowest BCUT2D eigenvalue weighted by atomic mass is 9.99. The summed E-state index contributed by atoms with van der Waals surface area (Å²) in [5.41, 5.74) is 4.12. The minimum absolute atomic E-state index is 0.0478. The van der Waals surface area contributed by atoms with Crippen molar-refractivity contribution >= 4 is 31.9 Å². The number of halogens is 3. The van der Waals surface area contributed by atoms with Gasteiger partial charge in [0.25, 0.3) is 0 Å². The maximum absolute atomic E-state index is 13.6. The van der Waals surface area contributed by atoms with E-state index in [9.17, 15) is 4.39 Å². The van der Waals surface area contributed by atoms with Crippen LogP contribution in [-0.2, 0) is 0 Å². The van der Waals surface area contributed by atoms with Crippen molar-refractivity contribution in [2.45, 2.75) is 18.7 Å². The van der Waals surface area contributed by atoms with Crippen LogP contribution < -0.4 is 4.74 Å². The van der Waals surface area contributed by atoms with Crippen LogP contribution >= 0.6 is 31.9 Å². The molecule has 0 aliphatic carbocycles. The summed E-state index contributed by atoms with van der Waals surface area (Å²) in [5.74, 6) is 0.643. The van der Waals surface area contributed by atoms with Gasteiger partial charge in [-0.1, -0.05) is 34.1 Å². The number of rotatable bonds is 3. The predicted molar refractivity (Wildman–Crippen MR) is 87.3 cm³/mol. The average Bonchev–Trinajstić information content (AvgIpc) is 2.40. The van der Waals surface area contributed by atoms with E-state index < -0.39 is 0 Å². The third-order valence-corrected chi connectivity index (χ3v) is 4.92. The molecule has 0 saturated carbocycles. The molecule has 0 heterocycles. The number of hydrogen-bond acceptors (Lipinski definition) is 1. The van der Waals surface area contributed by atoms with E-state index in [0.717, 1.165) is 28.0 Å². The van der Waals surface area contributed by atoms with Crippen molar-refractivity contribution in [3.05, 3.63) is 62.9 Å². The minimum Gasteiger partial charge on any atom is -0.496 e. The molecule has 1 atom stereocenters. The normalized spacial score (nSPS) is 12.3. The lowest BCUT2D eigenvalue weighted by Crippen LogP contribution is -1.98. The van der Waals surface area contributed by atoms with Crippen LogP contribution in [0.1, 0.15) is 27.1 Å². The van der Waals surface area contributed by atoms with Crippen LogP contribution in [0.2, 0.25) is 0 Å². The van der Waals surface area contributed by atoms with E-state index in [1.165, 1.54) is 0 Å². The molecule has 20 heavy (non-hydrogen) atoms. The van der Waals surface area contributed by atoms with Gasteiger partial charge in [0.05, 0.1) is 16.4 Å². The van der Waals surface area contributed by atoms with Crippen molar-refractivity contribution in [3.63, 3.8) is 0 Å². The summed E-state index contributed by atoms with van der Waals surface area (Å²) in [4.78, 5) is -0.0478. The number of methoxy groups -OCH3 is 1. The fourth-order valence-electron chi connectivity index (χ4n) is 2.31. The van der Waals surface area contributed by atoms with E-state index in [0.29, 0.717) is 4.47 Å². The summed E-state index contributed by atoms with van der Waals surface area (Å²) in [6, 6.07) is 9.29. The first kappa shape index (κ1) is 15.5. The van der Waals surface area contributed by atoms with Crippen LogP contribution in [0.5, 0.6) is 5.75 Å². The first-order valence-corrected chi connectivity index (χ1v) is 7.89. The lowest BCUT2D eigenvalue weighted by Gasteiger charge is -2.16. The highest BCUT2D eigenvalue weighted by atomic mass is 79.9. The molecule has 0 aliphatic rings. The summed E-state index contributed by atoms with van der Waals surface area (Å²) in [7, 11) is 1.67. The van der Waals surface area contributed by atoms with Gasteiger partial charge in [-0.15, -0.1) is 0 Å². The average molecular weight is 402 g/mol. The Labute approximate surface area is 135 Å². The first-order valence-electron chi connectivity index (χ1n) is 6.18. The monoisotopic (exact) mass is 400 g/mol. The van der Waals surface area contributed by atoms with Gasteiger partial charge in [0.15, 0.2) is 0 Å². The van der Waals surface area contributed by atoms with Gasteiger partial charge >= 0.3 is 0 Å². The van der Waals surface area contributed by atoms with Gasteiger partial charge in [-0.05, 0) is 64.2 Å². The number of ether oxygens (including phenoxy) is 1. The molecule has 0 bridgehead atoms. The summed E-state index contributed by atoms with van der Waals surface area (Å²) in [6.45, 7) is 4.02. The molecule has 0 amide bonds. The molecular weight excluding hydrogens is 387 g/mol. The number of aryl methyl sites for hydroxylation is 2. The molecule has 0 saturated heterocycles. The lowest BCUT2D eigenvalue weighted by molar-refractivity contribution is 0.408. The Bertz CT molecular complexity index is 617. The molecule has 0 aliphatic heterocycles. The maximum atomic E-state index is 13.6. The summed E-state index contributed by atoms with van der Waals surface area (Å²) >= 11 is 6.81. The van der Waals surface area contributed by atoms with E-state index in [-0.39, 0.29) is 10.6 Å². The van der Waals surface area contributed by atoms with Crippen molar-refractivity contribution in [3.8, 4) is 5.75 Å². The van der Waals surface area contributed by atoms with Gasteiger partial charge in [0.2, 0.25) is 0 Å². The summed E-state index contributed by atoms with van der Waals surface area (Å²) in [5, 5.41) is 0. The third kappa shape index (κ3) is 3.07. The second-order valence-electron chi connectivity index (χ2n) is 4.72. The van der Waals surface area contributed by atoms with Crippen molar-refractivity contribution in [2.75, 3.05) is 7.11 Å². The second-order valence-corrected chi connectivity index (χ2v) is 6.49. The molecule has 1 nitrogen and oxygen atoms in total. The van der Waals surface area contributed by atoms with E-state index in [4.69, 9.17) is 4.74 Å². The Morgan fingerprint density at radius 3 is 2.15 bits per heavy atom. The van der Waals surface area contributed by atoms with Crippen LogP contribution in [-0.4, -0.2) is 7.11 Å².